The van der Waals surface area contributed by atoms with Gasteiger partial charge in [0, 0.05) is 17.7 Å². The number of aromatic amines is 2. The number of aromatic hydroxyl groups is 1. The van der Waals surface area contributed by atoms with Crippen molar-refractivity contribution in [2.75, 3.05) is 26.1 Å². The van der Waals surface area contributed by atoms with Crippen molar-refractivity contribution in [3.05, 3.63) is 80.0 Å². The summed E-state index contributed by atoms with van der Waals surface area (Å²) in [6.45, 7) is 1.93. The van der Waals surface area contributed by atoms with Gasteiger partial charge in [-0.15, -0.1) is 0 Å². The lowest BCUT2D eigenvalue weighted by Gasteiger charge is -2.18. The molecule has 15 heteroatoms. The summed E-state index contributed by atoms with van der Waals surface area (Å²) in [6, 6.07) is 9.57. The number of rotatable bonds is 10. The maximum atomic E-state index is 12.8. The standard InChI is InChI=1S/C27H27N5O9S/c1-4-41-25(37)13-5-7-14(8-6-13)28-19(33)12-18-22(34)32-27(42-18)29-21(20-23(35)30-26(38)31-24(20)36)16-11-15(39-2)9-10-17(16)40-3/h5-11,18,21H,4,12H2,1-3H3,(H,28,33)(H,29,32,34)(H3,30,31,35,36,38)/t18-,21+/m0/s1. The summed E-state index contributed by atoms with van der Waals surface area (Å²) < 4.78 is 15.7. The molecule has 0 aliphatic carbocycles. The summed E-state index contributed by atoms with van der Waals surface area (Å²) >= 11 is 0.955. The predicted octanol–water partition coefficient (Wildman–Crippen LogP) is 1.67. The van der Waals surface area contributed by atoms with Gasteiger partial charge in [-0.25, -0.2) is 14.6 Å². The van der Waals surface area contributed by atoms with E-state index < -0.39 is 46.2 Å². The lowest BCUT2D eigenvalue weighted by Crippen LogP contribution is -2.29. The largest absolute Gasteiger partial charge is 0.497 e. The lowest BCUT2D eigenvalue weighted by molar-refractivity contribution is -0.122. The van der Waals surface area contributed by atoms with Gasteiger partial charge in [0.25, 0.3) is 5.56 Å². The topological polar surface area (TPSA) is 201 Å². The van der Waals surface area contributed by atoms with Gasteiger partial charge in [-0.2, -0.15) is 0 Å². The number of aliphatic imine (C=N–C) groups is 1. The quantitative estimate of drug-likeness (QED) is 0.214. The van der Waals surface area contributed by atoms with E-state index in [2.05, 4.69) is 25.6 Å². The van der Waals surface area contributed by atoms with E-state index in [9.17, 15) is 29.1 Å². The second-order valence-electron chi connectivity index (χ2n) is 8.76. The van der Waals surface area contributed by atoms with Crippen molar-refractivity contribution in [1.29, 1.82) is 0 Å². The molecule has 0 unspecified atom stereocenters. The van der Waals surface area contributed by atoms with Crippen molar-refractivity contribution < 1.29 is 33.7 Å². The van der Waals surface area contributed by atoms with E-state index >= 15 is 0 Å². The molecule has 1 aromatic heterocycles. The van der Waals surface area contributed by atoms with Crippen LogP contribution in [-0.4, -0.2) is 64.1 Å². The number of carbonyl (C=O) groups is 3. The van der Waals surface area contributed by atoms with Crippen LogP contribution in [0.5, 0.6) is 17.4 Å². The first-order chi connectivity index (χ1) is 20.1. The van der Waals surface area contributed by atoms with Crippen LogP contribution in [0.15, 0.2) is 57.0 Å². The van der Waals surface area contributed by atoms with E-state index in [1.165, 1.54) is 32.4 Å². The van der Waals surface area contributed by atoms with E-state index in [-0.39, 0.29) is 29.5 Å². The number of ether oxygens (including phenoxy) is 3. The summed E-state index contributed by atoms with van der Waals surface area (Å²) in [7, 11) is 2.84. The fraction of sp³-hybridized carbons (Fsp3) is 0.259. The number of nitrogens with zero attached hydrogens (tertiary/aromatic N) is 1. The third-order valence-electron chi connectivity index (χ3n) is 6.04. The lowest BCUT2D eigenvalue weighted by atomic mass is 9.99. The van der Waals surface area contributed by atoms with Crippen molar-refractivity contribution in [3.63, 3.8) is 0 Å². The molecule has 0 bridgehead atoms. The molecular weight excluding hydrogens is 570 g/mol. The molecule has 3 aromatic rings. The number of aromatic nitrogens is 2. The second-order valence-corrected chi connectivity index (χ2v) is 9.95. The molecule has 4 rings (SSSR count). The van der Waals surface area contributed by atoms with E-state index in [0.717, 1.165) is 11.8 Å². The minimum Gasteiger partial charge on any atom is -0.497 e. The van der Waals surface area contributed by atoms with Crippen LogP contribution < -0.4 is 31.4 Å². The number of hydrogen-bond acceptors (Lipinski definition) is 11. The number of carbonyl (C=O) groups excluding carboxylic acids is 3. The zero-order valence-electron chi connectivity index (χ0n) is 22.7. The SMILES string of the molecule is CCOC(=O)c1ccc(NC(=O)C[C@@H]2SC(=N[C@H](c3cc(OC)ccc3OC)c3c(O)[nH]c(=O)[nH]c3=O)NC2=O)cc1. The highest BCUT2D eigenvalue weighted by Crippen LogP contribution is 2.38. The molecule has 5 N–H and O–H groups in total. The van der Waals surface area contributed by atoms with Gasteiger partial charge in [0.1, 0.15) is 28.4 Å². The van der Waals surface area contributed by atoms with E-state index in [1.807, 2.05) is 0 Å². The molecule has 0 radical (unpaired) electrons. The number of amidine groups is 1. The normalized spacial score (nSPS) is 16.0. The maximum absolute atomic E-state index is 12.8. The highest BCUT2D eigenvalue weighted by molar-refractivity contribution is 8.15. The Balaban J connectivity index is 1.58. The summed E-state index contributed by atoms with van der Waals surface area (Å²) in [5.41, 5.74) is -1.10. The van der Waals surface area contributed by atoms with Gasteiger partial charge in [-0.05, 0) is 49.4 Å². The number of nitrogens with one attached hydrogen (secondary N) is 4. The number of hydrogen-bond donors (Lipinski definition) is 5. The smallest absolute Gasteiger partial charge is 0.338 e. The number of thioether (sulfide) groups is 1. The molecule has 220 valence electrons. The van der Waals surface area contributed by atoms with Crippen LogP contribution in [0.3, 0.4) is 0 Å². The fourth-order valence-electron chi connectivity index (χ4n) is 4.08. The Morgan fingerprint density at radius 1 is 1.07 bits per heavy atom. The molecule has 14 nitrogen and oxygen atoms in total. The molecular formula is C27H27N5O9S. The van der Waals surface area contributed by atoms with Crippen molar-refractivity contribution in [1.82, 2.24) is 15.3 Å². The first kappa shape index (κ1) is 29.9. The van der Waals surface area contributed by atoms with Crippen LogP contribution >= 0.6 is 11.8 Å². The first-order valence-electron chi connectivity index (χ1n) is 12.5. The Bertz CT molecular complexity index is 1650. The van der Waals surface area contributed by atoms with Gasteiger partial charge in [0.15, 0.2) is 5.17 Å². The van der Waals surface area contributed by atoms with Gasteiger partial charge in [-0.1, -0.05) is 11.8 Å². The van der Waals surface area contributed by atoms with E-state index in [1.54, 1.807) is 31.2 Å². The van der Waals surface area contributed by atoms with Crippen molar-refractivity contribution in [3.8, 4) is 17.4 Å². The Hall–Kier alpha value is -5.05. The Labute approximate surface area is 242 Å². The molecule has 1 aliphatic heterocycles. The predicted molar refractivity (Wildman–Crippen MR) is 153 cm³/mol. The van der Waals surface area contributed by atoms with Gasteiger partial charge < -0.3 is 30.0 Å². The first-order valence-corrected chi connectivity index (χ1v) is 13.4. The average Bonchev–Trinajstić information content (AvgIpc) is 3.29. The van der Waals surface area contributed by atoms with Crippen LogP contribution in [0.2, 0.25) is 0 Å². The summed E-state index contributed by atoms with van der Waals surface area (Å²) in [6.07, 6.45) is -0.215. The zero-order valence-corrected chi connectivity index (χ0v) is 23.5. The van der Waals surface area contributed by atoms with Gasteiger partial charge in [0.05, 0.1) is 26.4 Å². The van der Waals surface area contributed by atoms with E-state index in [4.69, 9.17) is 14.2 Å². The number of H-pyrrole nitrogens is 2. The van der Waals surface area contributed by atoms with Crippen LogP contribution in [0.25, 0.3) is 0 Å². The summed E-state index contributed by atoms with van der Waals surface area (Å²) in [5.74, 6) is -1.49. The number of anilines is 1. The molecule has 1 saturated heterocycles. The van der Waals surface area contributed by atoms with E-state index in [0.29, 0.717) is 22.6 Å². The van der Waals surface area contributed by atoms with Crippen molar-refractivity contribution in [2.24, 2.45) is 4.99 Å². The Morgan fingerprint density at radius 2 is 1.81 bits per heavy atom. The van der Waals surface area contributed by atoms with Gasteiger partial charge in [0.2, 0.25) is 17.7 Å². The van der Waals surface area contributed by atoms with Crippen molar-refractivity contribution >= 4 is 40.4 Å². The number of amides is 2. The molecule has 42 heavy (non-hydrogen) atoms. The highest BCUT2D eigenvalue weighted by Gasteiger charge is 2.34. The molecule has 0 saturated carbocycles. The minimum absolute atomic E-state index is 0.0662. The highest BCUT2D eigenvalue weighted by atomic mass is 32.2. The second kappa shape index (κ2) is 13.1. The summed E-state index contributed by atoms with van der Waals surface area (Å²) in [4.78, 5) is 70.5. The van der Waals surface area contributed by atoms with Crippen LogP contribution in [0, 0.1) is 0 Å². The third-order valence-corrected chi connectivity index (χ3v) is 7.13. The maximum Gasteiger partial charge on any atom is 0.338 e. The monoisotopic (exact) mass is 597 g/mol. The number of methoxy groups -OCH3 is 2. The molecule has 2 heterocycles. The van der Waals surface area contributed by atoms with Crippen LogP contribution in [0.1, 0.15) is 40.9 Å². The van der Waals surface area contributed by atoms with Crippen LogP contribution in [0.4, 0.5) is 5.69 Å². The van der Waals surface area contributed by atoms with Gasteiger partial charge in [-0.3, -0.25) is 24.4 Å². The zero-order chi connectivity index (χ0) is 30.4. The minimum atomic E-state index is -1.26. The number of esters is 1. The fourth-order valence-corrected chi connectivity index (χ4v) is 5.08. The number of benzene rings is 2. The average molecular weight is 598 g/mol. The van der Waals surface area contributed by atoms with Gasteiger partial charge >= 0.3 is 11.7 Å². The molecule has 2 aromatic carbocycles. The Morgan fingerprint density at radius 3 is 2.45 bits per heavy atom. The third kappa shape index (κ3) is 6.80. The molecule has 0 spiro atoms. The molecule has 1 aliphatic rings. The molecule has 2 amide bonds. The summed E-state index contributed by atoms with van der Waals surface area (Å²) in [5, 5.41) is 15.0. The van der Waals surface area contributed by atoms with Crippen LogP contribution in [-0.2, 0) is 14.3 Å². The van der Waals surface area contributed by atoms with Crippen molar-refractivity contribution in [2.45, 2.75) is 24.6 Å². The molecule has 2 atom stereocenters. The Kier molecular flexibility index (Phi) is 9.32. The molecule has 1 fully saturated rings.